The molecule has 2 N–H and O–H groups in total. The summed E-state index contributed by atoms with van der Waals surface area (Å²) in [5, 5.41) is 0. The van der Waals surface area contributed by atoms with E-state index in [1.807, 2.05) is 25.1 Å². The summed E-state index contributed by atoms with van der Waals surface area (Å²) in [6.45, 7) is 1.81. The summed E-state index contributed by atoms with van der Waals surface area (Å²) in [6, 6.07) is 7.33. The molecular weight excluding hydrogens is 218 g/mol. The molecule has 0 unspecified atom stereocenters. The van der Waals surface area contributed by atoms with Gasteiger partial charge < -0.3 is 10.5 Å². The molecule has 0 aliphatic heterocycles. The van der Waals surface area contributed by atoms with Crippen LogP contribution in [-0.2, 0) is 7.05 Å². The van der Waals surface area contributed by atoms with Gasteiger partial charge in [-0.3, -0.25) is 9.48 Å². The van der Waals surface area contributed by atoms with E-state index in [1.165, 1.54) is 4.68 Å². The zero-order valence-electron chi connectivity index (χ0n) is 10.1. The van der Waals surface area contributed by atoms with E-state index in [2.05, 4.69) is 0 Å². The van der Waals surface area contributed by atoms with Crippen LogP contribution in [0, 0.1) is 6.92 Å². The average molecular weight is 233 g/mol. The Hall–Kier alpha value is -2.17. The first kappa shape index (κ1) is 11.3. The summed E-state index contributed by atoms with van der Waals surface area (Å²) < 4.78 is 8.47. The Bertz CT molecular complexity index is 611. The largest absolute Gasteiger partial charge is 0.494 e. The quantitative estimate of drug-likeness (QED) is 0.844. The number of rotatable bonds is 2. The maximum Gasteiger partial charge on any atom is 0.294 e. The minimum atomic E-state index is -0.227. The number of methoxy groups -OCH3 is 1. The second-order valence-electron chi connectivity index (χ2n) is 3.81. The van der Waals surface area contributed by atoms with Gasteiger partial charge in [-0.2, -0.15) is 0 Å². The highest BCUT2D eigenvalue weighted by Crippen LogP contribution is 2.21. The second kappa shape index (κ2) is 4.01. The molecule has 2 rings (SSSR count). The molecule has 1 aromatic heterocycles. The van der Waals surface area contributed by atoms with Crippen LogP contribution >= 0.6 is 0 Å². The molecule has 17 heavy (non-hydrogen) atoms. The van der Waals surface area contributed by atoms with Gasteiger partial charge in [0, 0.05) is 7.05 Å². The minimum absolute atomic E-state index is 0.227. The molecule has 0 aliphatic carbocycles. The smallest absolute Gasteiger partial charge is 0.294 e. The van der Waals surface area contributed by atoms with Gasteiger partial charge in [0.15, 0.2) is 0 Å². The number of hydrogen-bond donors (Lipinski definition) is 1. The van der Waals surface area contributed by atoms with Gasteiger partial charge in [-0.05, 0) is 19.1 Å². The molecule has 2 aromatic rings. The molecule has 90 valence electrons. The van der Waals surface area contributed by atoms with Crippen molar-refractivity contribution >= 4 is 5.69 Å². The van der Waals surface area contributed by atoms with E-state index >= 15 is 0 Å². The molecule has 0 radical (unpaired) electrons. The van der Waals surface area contributed by atoms with Crippen LogP contribution in [0.5, 0.6) is 5.75 Å². The van der Waals surface area contributed by atoms with E-state index in [0.717, 1.165) is 5.69 Å². The van der Waals surface area contributed by atoms with Crippen molar-refractivity contribution in [3.05, 3.63) is 40.3 Å². The lowest BCUT2D eigenvalue weighted by Crippen LogP contribution is -2.21. The third-order valence-electron chi connectivity index (χ3n) is 2.91. The lowest BCUT2D eigenvalue weighted by Gasteiger charge is -2.11. The number of nitrogen functional groups attached to an aromatic ring is 1. The van der Waals surface area contributed by atoms with Gasteiger partial charge in [0.2, 0.25) is 0 Å². The van der Waals surface area contributed by atoms with Gasteiger partial charge in [-0.1, -0.05) is 12.1 Å². The van der Waals surface area contributed by atoms with Gasteiger partial charge in [-0.25, -0.2) is 4.68 Å². The van der Waals surface area contributed by atoms with Crippen molar-refractivity contribution in [3.8, 4) is 11.4 Å². The Morgan fingerprint density at radius 3 is 2.47 bits per heavy atom. The molecule has 0 atom stereocenters. The van der Waals surface area contributed by atoms with Crippen molar-refractivity contribution in [3.63, 3.8) is 0 Å². The number of ether oxygens (including phenoxy) is 1. The Balaban J connectivity index is 2.78. The highest BCUT2D eigenvalue weighted by molar-refractivity contribution is 5.50. The first-order valence-corrected chi connectivity index (χ1v) is 5.25. The van der Waals surface area contributed by atoms with Crippen LogP contribution in [-0.4, -0.2) is 16.5 Å². The summed E-state index contributed by atoms with van der Waals surface area (Å²) in [7, 11) is 3.36. The zero-order valence-corrected chi connectivity index (χ0v) is 10.1. The molecule has 0 amide bonds. The number of anilines is 1. The van der Waals surface area contributed by atoms with Crippen molar-refractivity contribution in [2.75, 3.05) is 12.8 Å². The van der Waals surface area contributed by atoms with Crippen molar-refractivity contribution in [1.29, 1.82) is 0 Å². The molecule has 0 saturated heterocycles. The van der Waals surface area contributed by atoms with Crippen LogP contribution < -0.4 is 16.0 Å². The Morgan fingerprint density at radius 1 is 1.29 bits per heavy atom. The maximum atomic E-state index is 12.0. The predicted octanol–water partition coefficient (Wildman–Crippen LogP) is 1.08. The molecule has 0 bridgehead atoms. The topological polar surface area (TPSA) is 62.2 Å². The van der Waals surface area contributed by atoms with E-state index in [9.17, 15) is 4.79 Å². The lowest BCUT2D eigenvalue weighted by atomic mass is 10.3. The van der Waals surface area contributed by atoms with E-state index < -0.39 is 0 Å². The lowest BCUT2D eigenvalue weighted by molar-refractivity contribution is 0.409. The molecule has 5 nitrogen and oxygen atoms in total. The normalized spacial score (nSPS) is 10.5. The molecule has 1 aromatic carbocycles. The maximum absolute atomic E-state index is 12.0. The van der Waals surface area contributed by atoms with Crippen molar-refractivity contribution in [2.45, 2.75) is 6.92 Å². The molecule has 0 saturated carbocycles. The molecule has 0 fully saturated rings. The molecular formula is C12H15N3O2. The molecule has 0 aliphatic rings. The van der Waals surface area contributed by atoms with Crippen LogP contribution in [0.3, 0.4) is 0 Å². The summed E-state index contributed by atoms with van der Waals surface area (Å²) >= 11 is 0. The van der Waals surface area contributed by atoms with Gasteiger partial charge in [0.25, 0.3) is 5.56 Å². The summed E-state index contributed by atoms with van der Waals surface area (Å²) in [5.74, 6) is 0.634. The summed E-state index contributed by atoms with van der Waals surface area (Å²) in [6.07, 6.45) is 0. The number of hydrogen-bond acceptors (Lipinski definition) is 3. The van der Waals surface area contributed by atoms with E-state index in [0.29, 0.717) is 11.4 Å². The summed E-state index contributed by atoms with van der Waals surface area (Å²) in [4.78, 5) is 12.0. The van der Waals surface area contributed by atoms with Gasteiger partial charge >= 0.3 is 0 Å². The van der Waals surface area contributed by atoms with Crippen LogP contribution in [0.2, 0.25) is 0 Å². The number of aromatic nitrogens is 2. The van der Waals surface area contributed by atoms with Crippen LogP contribution in [0.25, 0.3) is 5.69 Å². The average Bonchev–Trinajstić information content (AvgIpc) is 2.54. The first-order chi connectivity index (χ1) is 8.07. The van der Waals surface area contributed by atoms with E-state index in [-0.39, 0.29) is 11.2 Å². The highest BCUT2D eigenvalue weighted by Gasteiger charge is 2.15. The minimum Gasteiger partial charge on any atom is -0.494 e. The fraction of sp³-hybridized carbons (Fsp3) is 0.250. The highest BCUT2D eigenvalue weighted by atomic mass is 16.5. The van der Waals surface area contributed by atoms with E-state index in [1.54, 1.807) is 24.9 Å². The first-order valence-electron chi connectivity index (χ1n) is 5.25. The zero-order chi connectivity index (χ0) is 12.6. The van der Waals surface area contributed by atoms with Crippen LogP contribution in [0.15, 0.2) is 29.1 Å². The Kier molecular flexibility index (Phi) is 2.67. The number of nitrogens with two attached hydrogens (primary N) is 1. The van der Waals surface area contributed by atoms with Crippen LogP contribution in [0.4, 0.5) is 5.69 Å². The molecule has 5 heteroatoms. The number of para-hydroxylation sites is 2. The fourth-order valence-corrected chi connectivity index (χ4v) is 1.81. The van der Waals surface area contributed by atoms with Gasteiger partial charge in [-0.15, -0.1) is 0 Å². The standard InChI is InChI=1S/C12H15N3O2/c1-8-11(13)12(16)15(14(8)2)9-6-4-5-7-10(9)17-3/h4-7H,13H2,1-3H3. The predicted molar refractivity (Wildman–Crippen MR) is 66.7 cm³/mol. The summed E-state index contributed by atoms with van der Waals surface area (Å²) in [5.41, 5.74) is 7.19. The monoisotopic (exact) mass is 233 g/mol. The Labute approximate surface area is 99.0 Å². The number of benzene rings is 1. The van der Waals surface area contributed by atoms with Crippen molar-refractivity contribution in [1.82, 2.24) is 9.36 Å². The SMILES string of the molecule is COc1ccccc1-n1c(=O)c(N)c(C)n1C. The van der Waals surface area contributed by atoms with Crippen molar-refractivity contribution < 1.29 is 4.74 Å². The molecule has 0 spiro atoms. The Morgan fingerprint density at radius 2 is 1.94 bits per heavy atom. The third-order valence-corrected chi connectivity index (χ3v) is 2.91. The van der Waals surface area contributed by atoms with Crippen LogP contribution in [0.1, 0.15) is 5.69 Å². The van der Waals surface area contributed by atoms with Gasteiger partial charge in [0.05, 0.1) is 12.8 Å². The van der Waals surface area contributed by atoms with E-state index in [4.69, 9.17) is 10.5 Å². The van der Waals surface area contributed by atoms with Gasteiger partial charge in [0.1, 0.15) is 17.1 Å². The van der Waals surface area contributed by atoms with Crippen molar-refractivity contribution in [2.24, 2.45) is 7.05 Å². The third kappa shape index (κ3) is 1.60. The fourth-order valence-electron chi connectivity index (χ4n) is 1.81. The molecule has 1 heterocycles. The number of nitrogens with zero attached hydrogens (tertiary/aromatic N) is 2. The second-order valence-corrected chi connectivity index (χ2v) is 3.81.